The lowest BCUT2D eigenvalue weighted by Crippen LogP contribution is -2.58. The van der Waals surface area contributed by atoms with Crippen molar-refractivity contribution in [2.45, 2.75) is 44.3 Å². The molecule has 0 aliphatic carbocycles. The molecule has 1 spiro atoms. The smallest absolute Gasteiger partial charge is 0.138 e. The van der Waals surface area contributed by atoms with Crippen LogP contribution in [0.1, 0.15) is 29.1 Å². The maximum absolute atomic E-state index is 6.07. The van der Waals surface area contributed by atoms with Gasteiger partial charge in [0.25, 0.3) is 0 Å². The van der Waals surface area contributed by atoms with Gasteiger partial charge in [-0.1, -0.05) is 11.2 Å². The molecule has 2 aliphatic rings. The Morgan fingerprint density at radius 3 is 2.96 bits per heavy atom. The van der Waals surface area contributed by atoms with Crippen LogP contribution in [0.3, 0.4) is 0 Å². The first-order valence-electron chi connectivity index (χ1n) is 8.43. The Morgan fingerprint density at radius 2 is 2.25 bits per heavy atom. The molecule has 24 heavy (non-hydrogen) atoms. The number of ether oxygens (including phenoxy) is 1. The van der Waals surface area contributed by atoms with Crippen LogP contribution < -0.4 is 0 Å². The maximum atomic E-state index is 6.07. The van der Waals surface area contributed by atoms with E-state index in [-0.39, 0.29) is 0 Å². The second kappa shape index (κ2) is 6.50. The Hall–Kier alpha value is -1.37. The summed E-state index contributed by atoms with van der Waals surface area (Å²) in [6, 6.07) is 5.97. The molecule has 0 radical (unpaired) electrons. The van der Waals surface area contributed by atoms with Crippen LogP contribution >= 0.6 is 11.8 Å². The van der Waals surface area contributed by atoms with E-state index >= 15 is 0 Å². The minimum atomic E-state index is 0.346. The lowest BCUT2D eigenvalue weighted by Gasteiger charge is -2.47. The molecule has 1 atom stereocenters. The van der Waals surface area contributed by atoms with Crippen LogP contribution in [0.2, 0.25) is 0 Å². The van der Waals surface area contributed by atoms with Gasteiger partial charge in [0, 0.05) is 41.9 Å². The predicted octanol–water partition coefficient (Wildman–Crippen LogP) is 2.96. The van der Waals surface area contributed by atoms with Crippen LogP contribution in [0.15, 0.2) is 28.9 Å². The second-order valence-electron chi connectivity index (χ2n) is 6.90. The van der Waals surface area contributed by atoms with Crippen LogP contribution in [0, 0.1) is 13.8 Å². The quantitative estimate of drug-likeness (QED) is 0.830. The molecule has 128 valence electrons. The monoisotopic (exact) mass is 345 g/mol. The summed E-state index contributed by atoms with van der Waals surface area (Å²) in [6.45, 7) is 7.84. The third kappa shape index (κ3) is 3.23. The van der Waals surface area contributed by atoms with Crippen molar-refractivity contribution in [2.24, 2.45) is 0 Å². The summed E-state index contributed by atoms with van der Waals surface area (Å²) in [5.41, 5.74) is 3.27. The molecule has 4 heterocycles. The van der Waals surface area contributed by atoms with Crippen LogP contribution in [0.4, 0.5) is 0 Å². The lowest BCUT2D eigenvalue weighted by atomic mass is 9.92. The molecular weight excluding hydrogens is 322 g/mol. The molecule has 2 fully saturated rings. The molecule has 5 nitrogen and oxygen atoms in total. The number of aryl methyl sites for hydroxylation is 2. The van der Waals surface area contributed by atoms with Gasteiger partial charge in [0.2, 0.25) is 0 Å². The summed E-state index contributed by atoms with van der Waals surface area (Å²) in [4.78, 5) is 6.81. The van der Waals surface area contributed by atoms with E-state index in [4.69, 9.17) is 9.26 Å². The van der Waals surface area contributed by atoms with Gasteiger partial charge in [0.1, 0.15) is 5.76 Å². The summed E-state index contributed by atoms with van der Waals surface area (Å²) < 4.78 is 11.7. The number of thioether (sulfide) groups is 1. The normalized spacial score (nSPS) is 22.8. The van der Waals surface area contributed by atoms with E-state index in [9.17, 15) is 0 Å². The van der Waals surface area contributed by atoms with Gasteiger partial charge < -0.3 is 9.26 Å². The summed E-state index contributed by atoms with van der Waals surface area (Å²) >= 11 is 2.07. The Bertz CT molecular complexity index is 678. The minimum absolute atomic E-state index is 0.346. The zero-order chi connectivity index (χ0) is 16.6. The fourth-order valence-corrected chi connectivity index (χ4v) is 5.25. The van der Waals surface area contributed by atoms with Gasteiger partial charge in [-0.15, -0.1) is 11.8 Å². The zero-order valence-corrected chi connectivity index (χ0v) is 15.0. The largest absolute Gasteiger partial charge is 0.371 e. The van der Waals surface area contributed by atoms with E-state index in [0.717, 1.165) is 49.0 Å². The first-order valence-corrected chi connectivity index (χ1v) is 9.42. The van der Waals surface area contributed by atoms with Gasteiger partial charge in [0.15, 0.2) is 0 Å². The molecule has 4 rings (SSSR count). The molecule has 0 amide bonds. The molecule has 0 bridgehead atoms. The van der Waals surface area contributed by atoms with Crippen LogP contribution in [-0.2, 0) is 17.9 Å². The molecular formula is C18H23N3O2S. The number of likely N-dealkylation sites (tertiary alicyclic amines) is 1. The zero-order valence-electron chi connectivity index (χ0n) is 14.2. The summed E-state index contributed by atoms with van der Waals surface area (Å²) in [7, 11) is 0. The highest BCUT2D eigenvalue weighted by Gasteiger charge is 2.49. The molecule has 6 heteroatoms. The van der Waals surface area contributed by atoms with Crippen LogP contribution in [-0.4, -0.2) is 44.7 Å². The van der Waals surface area contributed by atoms with Crippen molar-refractivity contribution in [1.29, 1.82) is 0 Å². The molecule has 2 aromatic rings. The number of rotatable bonds is 5. The van der Waals surface area contributed by atoms with Gasteiger partial charge in [-0.2, -0.15) is 0 Å². The SMILES string of the molecule is Cc1noc(C)c1CN1CC2(C[C@H](OCc3ccccn3)CS2)C1. The van der Waals surface area contributed by atoms with Gasteiger partial charge in [-0.3, -0.25) is 9.88 Å². The van der Waals surface area contributed by atoms with Crippen molar-refractivity contribution < 1.29 is 9.26 Å². The summed E-state index contributed by atoms with van der Waals surface area (Å²) in [5.74, 6) is 2.04. The highest BCUT2D eigenvalue weighted by molar-refractivity contribution is 8.01. The Kier molecular flexibility index (Phi) is 4.37. The maximum Gasteiger partial charge on any atom is 0.138 e. The van der Waals surface area contributed by atoms with Crippen molar-refractivity contribution >= 4 is 11.8 Å². The molecule has 2 saturated heterocycles. The third-order valence-electron chi connectivity index (χ3n) is 4.95. The molecule has 0 aromatic carbocycles. The van der Waals surface area contributed by atoms with Crippen molar-refractivity contribution in [2.75, 3.05) is 18.8 Å². The van der Waals surface area contributed by atoms with Gasteiger partial charge in [-0.05, 0) is 32.4 Å². The Balaban J connectivity index is 1.26. The molecule has 2 aliphatic heterocycles. The van der Waals surface area contributed by atoms with Crippen molar-refractivity contribution in [3.63, 3.8) is 0 Å². The van der Waals surface area contributed by atoms with Crippen molar-refractivity contribution in [3.05, 3.63) is 47.1 Å². The number of hydrogen-bond acceptors (Lipinski definition) is 6. The van der Waals surface area contributed by atoms with E-state index in [1.807, 2.05) is 38.2 Å². The van der Waals surface area contributed by atoms with Crippen LogP contribution in [0.25, 0.3) is 0 Å². The molecule has 0 N–H and O–H groups in total. The number of nitrogens with zero attached hydrogens (tertiary/aromatic N) is 3. The highest BCUT2D eigenvalue weighted by Crippen LogP contribution is 2.46. The van der Waals surface area contributed by atoms with E-state index in [1.54, 1.807) is 0 Å². The Labute approximate surface area is 146 Å². The minimum Gasteiger partial charge on any atom is -0.371 e. The average Bonchev–Trinajstić information content (AvgIpc) is 3.12. The topological polar surface area (TPSA) is 51.4 Å². The second-order valence-corrected chi connectivity index (χ2v) is 8.39. The Morgan fingerprint density at radius 1 is 1.38 bits per heavy atom. The third-order valence-corrected chi connectivity index (χ3v) is 6.53. The highest BCUT2D eigenvalue weighted by atomic mass is 32.2. The molecule has 0 unspecified atom stereocenters. The molecule has 0 saturated carbocycles. The average molecular weight is 345 g/mol. The van der Waals surface area contributed by atoms with E-state index in [0.29, 0.717) is 17.5 Å². The van der Waals surface area contributed by atoms with Gasteiger partial charge in [0.05, 0.1) is 24.1 Å². The first-order chi connectivity index (χ1) is 11.6. The van der Waals surface area contributed by atoms with E-state index in [1.165, 1.54) is 5.56 Å². The van der Waals surface area contributed by atoms with Crippen molar-refractivity contribution in [3.8, 4) is 0 Å². The number of hydrogen-bond donors (Lipinski definition) is 0. The van der Waals surface area contributed by atoms with Crippen LogP contribution in [0.5, 0.6) is 0 Å². The number of aromatic nitrogens is 2. The van der Waals surface area contributed by atoms with E-state index < -0.39 is 0 Å². The lowest BCUT2D eigenvalue weighted by molar-refractivity contribution is 0.0250. The molecule has 2 aromatic heterocycles. The van der Waals surface area contributed by atoms with Gasteiger partial charge in [-0.25, -0.2) is 0 Å². The predicted molar refractivity (Wildman–Crippen MR) is 93.9 cm³/mol. The van der Waals surface area contributed by atoms with E-state index in [2.05, 4.69) is 26.8 Å². The fourth-order valence-electron chi connectivity index (χ4n) is 3.65. The number of pyridine rings is 1. The fraction of sp³-hybridized carbons (Fsp3) is 0.556. The standard InChI is InChI=1S/C18H23N3O2S/c1-13-17(14(2)23-20-13)8-21-11-18(12-21)7-16(10-24-18)22-9-15-5-3-4-6-19-15/h3-6,16H,7-12H2,1-2H3/t16-/m0/s1. The first kappa shape index (κ1) is 16.1. The van der Waals surface area contributed by atoms with Gasteiger partial charge >= 0.3 is 0 Å². The summed E-state index contributed by atoms with van der Waals surface area (Å²) in [6.07, 6.45) is 3.31. The van der Waals surface area contributed by atoms with Crippen molar-refractivity contribution in [1.82, 2.24) is 15.0 Å². The summed E-state index contributed by atoms with van der Waals surface area (Å²) in [5, 5.41) is 4.05.